The van der Waals surface area contributed by atoms with E-state index in [1.165, 1.54) is 12.8 Å². The molecule has 2 unspecified atom stereocenters. The third kappa shape index (κ3) is 4.49. The number of nitrogens with one attached hydrogen (secondary N) is 1. The first kappa shape index (κ1) is 18.0. The van der Waals surface area contributed by atoms with Gasteiger partial charge < -0.3 is 10.1 Å². The first-order valence-corrected chi connectivity index (χ1v) is 9.81. The van der Waals surface area contributed by atoms with E-state index >= 15 is 0 Å². The number of aryl methyl sites for hydroxylation is 1. The summed E-state index contributed by atoms with van der Waals surface area (Å²) in [7, 11) is 0. The average molecular weight is 366 g/mol. The van der Waals surface area contributed by atoms with E-state index in [-0.39, 0.29) is 11.9 Å². The highest BCUT2D eigenvalue weighted by Gasteiger charge is 2.41. The average Bonchev–Trinajstić information content (AvgIpc) is 3.54. The predicted molar refractivity (Wildman–Crippen MR) is 105 cm³/mol. The lowest BCUT2D eigenvalue weighted by atomic mass is 10.0. The highest BCUT2D eigenvalue weighted by atomic mass is 19.1. The summed E-state index contributed by atoms with van der Waals surface area (Å²) in [5.74, 6) is 2.13. The van der Waals surface area contributed by atoms with Gasteiger partial charge in [-0.2, -0.15) is 0 Å². The summed E-state index contributed by atoms with van der Waals surface area (Å²) in [5.41, 5.74) is 4.01. The van der Waals surface area contributed by atoms with Crippen molar-refractivity contribution in [1.82, 2.24) is 10.3 Å². The zero-order valence-corrected chi connectivity index (χ0v) is 16.0. The Hall–Kier alpha value is -2.36. The van der Waals surface area contributed by atoms with E-state index in [9.17, 15) is 4.39 Å². The molecule has 2 saturated carbocycles. The molecule has 2 aliphatic carbocycles. The molecule has 1 aromatic heterocycles. The predicted octanol–water partition coefficient (Wildman–Crippen LogP) is 5.29. The minimum Gasteiger partial charge on any atom is -0.492 e. The molecule has 2 aliphatic rings. The molecular formula is C23H27FN2O. The van der Waals surface area contributed by atoms with Crippen LogP contribution in [-0.2, 0) is 0 Å². The Kier molecular flexibility index (Phi) is 4.90. The minimum atomic E-state index is -0.157. The Balaban J connectivity index is 1.31. The molecule has 0 saturated heterocycles. The Bertz CT molecular complexity index is 809. The molecule has 1 heterocycles. The van der Waals surface area contributed by atoms with Gasteiger partial charge in [0.2, 0.25) is 0 Å². The van der Waals surface area contributed by atoms with Crippen LogP contribution in [0.1, 0.15) is 55.0 Å². The third-order valence-electron chi connectivity index (χ3n) is 5.52. The van der Waals surface area contributed by atoms with Crippen LogP contribution in [0, 0.1) is 24.6 Å². The highest BCUT2D eigenvalue weighted by molar-refractivity contribution is 5.34. The van der Waals surface area contributed by atoms with Gasteiger partial charge in [-0.15, -0.1) is 0 Å². The second-order valence-electron chi connectivity index (χ2n) is 8.08. The second-order valence-corrected chi connectivity index (χ2v) is 8.08. The molecule has 4 heteroatoms. The molecule has 3 nitrogen and oxygen atoms in total. The summed E-state index contributed by atoms with van der Waals surface area (Å²) < 4.78 is 19.4. The first-order chi connectivity index (χ1) is 13.0. The van der Waals surface area contributed by atoms with Crippen molar-refractivity contribution in [3.8, 4) is 5.75 Å². The van der Waals surface area contributed by atoms with Gasteiger partial charge in [-0.1, -0.05) is 12.6 Å². The molecule has 0 amide bonds. The van der Waals surface area contributed by atoms with E-state index in [1.54, 1.807) is 18.3 Å². The molecular weight excluding hydrogens is 339 g/mol. The Morgan fingerprint density at radius 2 is 2.15 bits per heavy atom. The third-order valence-corrected chi connectivity index (χ3v) is 5.52. The first-order valence-electron chi connectivity index (χ1n) is 9.81. The molecule has 142 valence electrons. The fourth-order valence-corrected chi connectivity index (χ4v) is 3.62. The van der Waals surface area contributed by atoms with Gasteiger partial charge in [-0.3, -0.25) is 4.98 Å². The van der Waals surface area contributed by atoms with Crippen LogP contribution in [0.2, 0.25) is 0 Å². The Labute approximate surface area is 160 Å². The number of hydrogen-bond acceptors (Lipinski definition) is 3. The zero-order chi connectivity index (χ0) is 19.0. The van der Waals surface area contributed by atoms with Gasteiger partial charge in [0.1, 0.15) is 11.6 Å². The number of hydrogen-bond donors (Lipinski definition) is 1. The van der Waals surface area contributed by atoms with Gasteiger partial charge >= 0.3 is 0 Å². The van der Waals surface area contributed by atoms with Gasteiger partial charge in [-0.25, -0.2) is 4.39 Å². The van der Waals surface area contributed by atoms with Crippen molar-refractivity contribution in [3.05, 3.63) is 71.4 Å². The van der Waals surface area contributed by atoms with Crippen LogP contribution < -0.4 is 10.1 Å². The van der Waals surface area contributed by atoms with Gasteiger partial charge in [-0.05, 0) is 80.3 Å². The SMILES string of the molecule is C=C(N[C@H](C)c1ccc(OCC2CC2)cn1)C1CC1c1cc(C)cc(F)c1. The quantitative estimate of drug-likeness (QED) is 0.690. The van der Waals surface area contributed by atoms with Crippen LogP contribution in [0.5, 0.6) is 5.75 Å². The molecule has 4 rings (SSSR count). The summed E-state index contributed by atoms with van der Waals surface area (Å²) in [6.07, 6.45) is 5.38. The van der Waals surface area contributed by atoms with Gasteiger partial charge in [0, 0.05) is 11.6 Å². The van der Waals surface area contributed by atoms with Crippen molar-refractivity contribution in [1.29, 1.82) is 0 Å². The molecule has 27 heavy (non-hydrogen) atoms. The van der Waals surface area contributed by atoms with Crippen molar-refractivity contribution in [2.24, 2.45) is 11.8 Å². The molecule has 2 aromatic rings. The number of allylic oxidation sites excluding steroid dienone is 1. The van der Waals surface area contributed by atoms with Gasteiger partial charge in [0.05, 0.1) is 24.5 Å². The van der Waals surface area contributed by atoms with Crippen LogP contribution in [0.15, 0.2) is 48.8 Å². The molecule has 0 radical (unpaired) electrons. The van der Waals surface area contributed by atoms with E-state index in [0.717, 1.165) is 47.2 Å². The van der Waals surface area contributed by atoms with Crippen molar-refractivity contribution >= 4 is 0 Å². The number of ether oxygens (including phenoxy) is 1. The summed E-state index contributed by atoms with van der Waals surface area (Å²) in [4.78, 5) is 4.53. The maximum absolute atomic E-state index is 13.7. The van der Waals surface area contributed by atoms with Crippen molar-refractivity contribution < 1.29 is 9.13 Å². The van der Waals surface area contributed by atoms with E-state index in [4.69, 9.17) is 4.74 Å². The fraction of sp³-hybridized carbons (Fsp3) is 0.435. The van der Waals surface area contributed by atoms with Crippen LogP contribution in [-0.4, -0.2) is 11.6 Å². The van der Waals surface area contributed by atoms with E-state index in [1.807, 2.05) is 19.1 Å². The van der Waals surface area contributed by atoms with Crippen LogP contribution in [0.25, 0.3) is 0 Å². The lowest BCUT2D eigenvalue weighted by molar-refractivity contribution is 0.298. The number of aromatic nitrogens is 1. The number of rotatable bonds is 8. The fourth-order valence-electron chi connectivity index (χ4n) is 3.62. The Morgan fingerprint density at radius 1 is 1.33 bits per heavy atom. The number of halogens is 1. The molecule has 0 aliphatic heterocycles. The summed E-state index contributed by atoms with van der Waals surface area (Å²) >= 11 is 0. The normalized spacial score (nSPS) is 22.2. The monoisotopic (exact) mass is 366 g/mol. The van der Waals surface area contributed by atoms with Crippen molar-refractivity contribution in [3.63, 3.8) is 0 Å². The van der Waals surface area contributed by atoms with Gasteiger partial charge in [0.25, 0.3) is 0 Å². The molecule has 0 spiro atoms. The second kappa shape index (κ2) is 7.34. The summed E-state index contributed by atoms with van der Waals surface area (Å²) in [5, 5.41) is 3.48. The maximum atomic E-state index is 13.7. The highest BCUT2D eigenvalue weighted by Crippen LogP contribution is 2.51. The number of pyridine rings is 1. The van der Waals surface area contributed by atoms with Gasteiger partial charge in [0.15, 0.2) is 0 Å². The molecule has 1 aromatic carbocycles. The standard InChI is InChI=1S/C23H27FN2O/c1-14-8-18(10-19(24)9-14)22-11-21(22)15(2)26-16(3)23-7-6-20(12-25-23)27-13-17-4-5-17/h6-10,12,16-17,21-22,26H,2,4-5,11,13H2,1,3H3/t16-,21?,22?/m1/s1. The molecule has 2 fully saturated rings. The van der Waals surface area contributed by atoms with E-state index in [2.05, 4.69) is 29.9 Å². The van der Waals surface area contributed by atoms with Crippen molar-refractivity contribution in [2.45, 2.75) is 45.1 Å². The van der Waals surface area contributed by atoms with Crippen LogP contribution in [0.3, 0.4) is 0 Å². The lowest BCUT2D eigenvalue weighted by Crippen LogP contribution is -2.20. The zero-order valence-electron chi connectivity index (χ0n) is 16.0. The summed E-state index contributed by atoms with van der Waals surface area (Å²) in [6.45, 7) is 9.04. The maximum Gasteiger partial charge on any atom is 0.137 e. The number of nitrogens with zero attached hydrogens (tertiary/aromatic N) is 1. The van der Waals surface area contributed by atoms with E-state index < -0.39 is 0 Å². The number of benzene rings is 1. The molecule has 0 bridgehead atoms. The lowest BCUT2D eigenvalue weighted by Gasteiger charge is -2.17. The molecule has 1 N–H and O–H groups in total. The molecule has 3 atom stereocenters. The van der Waals surface area contributed by atoms with Crippen LogP contribution in [0.4, 0.5) is 4.39 Å². The smallest absolute Gasteiger partial charge is 0.137 e. The largest absolute Gasteiger partial charge is 0.492 e. The van der Waals surface area contributed by atoms with E-state index in [0.29, 0.717) is 11.8 Å². The summed E-state index contributed by atoms with van der Waals surface area (Å²) in [6, 6.07) is 9.36. The van der Waals surface area contributed by atoms with Crippen LogP contribution >= 0.6 is 0 Å². The minimum absolute atomic E-state index is 0.0745. The Morgan fingerprint density at radius 3 is 2.81 bits per heavy atom. The van der Waals surface area contributed by atoms with Crippen molar-refractivity contribution in [2.75, 3.05) is 6.61 Å². The topological polar surface area (TPSA) is 34.1 Å².